The predicted molar refractivity (Wildman–Crippen MR) is 106 cm³/mol. The normalized spacial score (nSPS) is 10.6. The Kier molecular flexibility index (Phi) is 4.49. The van der Waals surface area contributed by atoms with Gasteiger partial charge in [-0.25, -0.2) is 9.97 Å². The molecule has 0 radical (unpaired) electrons. The minimum atomic E-state index is -0.220. The van der Waals surface area contributed by atoms with Crippen molar-refractivity contribution in [3.8, 4) is 17.0 Å². The molecule has 1 N–H and O–H groups in total. The highest BCUT2D eigenvalue weighted by Gasteiger charge is 2.14. The zero-order valence-corrected chi connectivity index (χ0v) is 14.7. The van der Waals surface area contributed by atoms with E-state index < -0.39 is 0 Å². The van der Waals surface area contributed by atoms with Gasteiger partial charge in [0.15, 0.2) is 0 Å². The molecule has 0 aliphatic carbocycles. The maximum Gasteiger partial charge on any atom is 0.257 e. The first kappa shape index (κ1) is 16.7. The number of para-hydroxylation sites is 1. The third-order valence-corrected chi connectivity index (χ3v) is 4.25. The fourth-order valence-corrected chi connectivity index (χ4v) is 2.89. The summed E-state index contributed by atoms with van der Waals surface area (Å²) in [5.74, 6) is 1.06. The van der Waals surface area contributed by atoms with Crippen LogP contribution in [0.15, 0.2) is 79.0 Å². The molecule has 0 fully saturated rings. The van der Waals surface area contributed by atoms with Crippen LogP contribution in [0.3, 0.4) is 0 Å². The van der Waals surface area contributed by atoms with E-state index in [9.17, 15) is 4.79 Å². The van der Waals surface area contributed by atoms with Crippen LogP contribution in [0.1, 0.15) is 10.4 Å². The fourth-order valence-electron chi connectivity index (χ4n) is 2.89. The minimum absolute atomic E-state index is 0.220. The lowest BCUT2D eigenvalue weighted by atomic mass is 10.0. The number of anilines is 1. The third-order valence-electron chi connectivity index (χ3n) is 4.25. The highest BCUT2D eigenvalue weighted by Crippen LogP contribution is 2.26. The molecule has 0 aliphatic heterocycles. The number of benzene rings is 2. The Morgan fingerprint density at radius 2 is 1.74 bits per heavy atom. The van der Waals surface area contributed by atoms with Crippen LogP contribution in [0.5, 0.6) is 5.75 Å². The number of ether oxygens (including phenoxy) is 1. The predicted octanol–water partition coefficient (Wildman–Crippen LogP) is 4.56. The van der Waals surface area contributed by atoms with Crippen LogP contribution >= 0.6 is 0 Å². The zero-order valence-electron chi connectivity index (χ0n) is 14.7. The summed E-state index contributed by atoms with van der Waals surface area (Å²) >= 11 is 0. The number of nitrogens with one attached hydrogen (secondary N) is 1. The average Bonchev–Trinajstić information content (AvgIpc) is 2.73. The van der Waals surface area contributed by atoms with Crippen LogP contribution < -0.4 is 10.1 Å². The first-order chi connectivity index (χ1) is 13.2. The van der Waals surface area contributed by atoms with Crippen molar-refractivity contribution < 1.29 is 9.53 Å². The molecule has 1 amide bonds. The molecule has 0 unspecified atom stereocenters. The molecule has 2 heterocycles. The Morgan fingerprint density at radius 3 is 2.48 bits per heavy atom. The molecule has 0 aliphatic rings. The summed E-state index contributed by atoms with van der Waals surface area (Å²) in [6.45, 7) is 0. The van der Waals surface area contributed by atoms with Gasteiger partial charge < -0.3 is 10.1 Å². The van der Waals surface area contributed by atoms with Crippen molar-refractivity contribution in [1.82, 2.24) is 9.97 Å². The van der Waals surface area contributed by atoms with E-state index in [1.165, 1.54) is 0 Å². The number of hydrogen-bond acceptors (Lipinski definition) is 4. The number of rotatable bonds is 4. The van der Waals surface area contributed by atoms with Crippen molar-refractivity contribution in [3.63, 3.8) is 0 Å². The first-order valence-corrected chi connectivity index (χ1v) is 8.51. The van der Waals surface area contributed by atoms with Gasteiger partial charge in [-0.05, 0) is 48.5 Å². The number of amides is 1. The number of nitrogens with zero attached hydrogens (tertiary/aromatic N) is 2. The zero-order chi connectivity index (χ0) is 18.6. The second kappa shape index (κ2) is 7.25. The second-order valence-corrected chi connectivity index (χ2v) is 5.97. The van der Waals surface area contributed by atoms with Gasteiger partial charge in [-0.2, -0.15) is 0 Å². The number of carbonyl (C=O) groups excluding carboxylic acids is 1. The first-order valence-electron chi connectivity index (χ1n) is 8.51. The summed E-state index contributed by atoms with van der Waals surface area (Å²) in [4.78, 5) is 21.8. The van der Waals surface area contributed by atoms with E-state index >= 15 is 0 Å². The quantitative estimate of drug-likeness (QED) is 0.583. The van der Waals surface area contributed by atoms with Gasteiger partial charge in [0.25, 0.3) is 5.91 Å². The Morgan fingerprint density at radius 1 is 0.963 bits per heavy atom. The molecule has 5 heteroatoms. The summed E-state index contributed by atoms with van der Waals surface area (Å²) in [7, 11) is 1.63. The van der Waals surface area contributed by atoms with Gasteiger partial charge in [0.05, 0.1) is 23.9 Å². The lowest BCUT2D eigenvalue weighted by Gasteiger charge is -2.10. The van der Waals surface area contributed by atoms with E-state index in [0.29, 0.717) is 11.4 Å². The summed E-state index contributed by atoms with van der Waals surface area (Å²) in [5, 5.41) is 3.64. The molecule has 0 saturated carbocycles. The fraction of sp³-hybridized carbons (Fsp3) is 0.0455. The number of pyridine rings is 2. The lowest BCUT2D eigenvalue weighted by molar-refractivity contribution is 0.102. The van der Waals surface area contributed by atoms with Crippen LogP contribution in [0.2, 0.25) is 0 Å². The lowest BCUT2D eigenvalue weighted by Crippen LogP contribution is -2.14. The standard InChI is InChI=1S/C22H17N3O2/c1-27-16-11-9-15(10-12-16)20-14-18(17-6-2-3-7-19(17)24-20)22(26)25-21-8-4-5-13-23-21/h2-14H,1H3,(H,23,25,26). The molecule has 132 valence electrons. The molecule has 4 rings (SSSR count). The Balaban J connectivity index is 1.79. The molecule has 2 aromatic carbocycles. The maximum absolute atomic E-state index is 12.9. The minimum Gasteiger partial charge on any atom is -0.497 e. The van der Waals surface area contributed by atoms with E-state index in [4.69, 9.17) is 9.72 Å². The van der Waals surface area contributed by atoms with Crippen molar-refractivity contribution in [3.05, 3.63) is 84.6 Å². The molecule has 5 nitrogen and oxygen atoms in total. The molecular formula is C22H17N3O2. The number of aromatic nitrogens is 2. The summed E-state index contributed by atoms with van der Waals surface area (Å²) < 4.78 is 5.21. The Labute approximate surface area is 156 Å². The second-order valence-electron chi connectivity index (χ2n) is 5.97. The molecule has 0 bridgehead atoms. The Bertz CT molecular complexity index is 1090. The molecule has 0 spiro atoms. The van der Waals surface area contributed by atoms with Gasteiger partial charge >= 0.3 is 0 Å². The van der Waals surface area contributed by atoms with E-state index in [2.05, 4.69) is 10.3 Å². The number of fused-ring (bicyclic) bond motifs is 1. The van der Waals surface area contributed by atoms with Crippen LogP contribution in [-0.2, 0) is 0 Å². The summed E-state index contributed by atoms with van der Waals surface area (Å²) in [5.41, 5.74) is 2.95. The van der Waals surface area contributed by atoms with Crippen LogP contribution in [0, 0.1) is 0 Å². The molecule has 27 heavy (non-hydrogen) atoms. The van der Waals surface area contributed by atoms with Crippen molar-refractivity contribution in [2.75, 3.05) is 12.4 Å². The molecule has 0 saturated heterocycles. The van der Waals surface area contributed by atoms with E-state index in [1.807, 2.05) is 60.7 Å². The number of hydrogen-bond donors (Lipinski definition) is 1. The maximum atomic E-state index is 12.9. The highest BCUT2D eigenvalue weighted by atomic mass is 16.5. The van der Waals surface area contributed by atoms with E-state index in [1.54, 1.807) is 25.4 Å². The number of carbonyl (C=O) groups is 1. The molecule has 2 aromatic heterocycles. The highest BCUT2D eigenvalue weighted by molar-refractivity contribution is 6.12. The molecule has 4 aromatic rings. The molecular weight excluding hydrogens is 338 g/mol. The van der Waals surface area contributed by atoms with Crippen molar-refractivity contribution in [2.24, 2.45) is 0 Å². The number of methoxy groups -OCH3 is 1. The van der Waals surface area contributed by atoms with E-state index in [-0.39, 0.29) is 5.91 Å². The van der Waals surface area contributed by atoms with Gasteiger partial charge in [-0.1, -0.05) is 24.3 Å². The molecule has 0 atom stereocenters. The van der Waals surface area contributed by atoms with Gasteiger partial charge in [0, 0.05) is 17.1 Å². The topological polar surface area (TPSA) is 64.1 Å². The smallest absolute Gasteiger partial charge is 0.257 e. The summed E-state index contributed by atoms with van der Waals surface area (Å²) in [6.07, 6.45) is 1.64. The van der Waals surface area contributed by atoms with Crippen molar-refractivity contribution in [1.29, 1.82) is 0 Å². The van der Waals surface area contributed by atoms with Gasteiger partial charge in [-0.15, -0.1) is 0 Å². The van der Waals surface area contributed by atoms with Gasteiger partial charge in [0.2, 0.25) is 0 Å². The van der Waals surface area contributed by atoms with E-state index in [0.717, 1.165) is 27.9 Å². The van der Waals surface area contributed by atoms with Crippen LogP contribution in [-0.4, -0.2) is 23.0 Å². The van der Waals surface area contributed by atoms with Crippen LogP contribution in [0.4, 0.5) is 5.82 Å². The van der Waals surface area contributed by atoms with Crippen molar-refractivity contribution in [2.45, 2.75) is 0 Å². The third kappa shape index (κ3) is 3.48. The monoisotopic (exact) mass is 355 g/mol. The van der Waals surface area contributed by atoms with Crippen molar-refractivity contribution >= 4 is 22.6 Å². The largest absolute Gasteiger partial charge is 0.497 e. The van der Waals surface area contributed by atoms with Crippen LogP contribution in [0.25, 0.3) is 22.2 Å². The summed E-state index contributed by atoms with van der Waals surface area (Å²) in [6, 6.07) is 22.4. The van der Waals surface area contributed by atoms with Gasteiger partial charge in [0.1, 0.15) is 11.6 Å². The van der Waals surface area contributed by atoms with Gasteiger partial charge in [-0.3, -0.25) is 4.79 Å². The SMILES string of the molecule is COc1ccc(-c2cc(C(=O)Nc3ccccn3)c3ccccc3n2)cc1. The average molecular weight is 355 g/mol. The Hall–Kier alpha value is -3.73.